The molecule has 3 aromatic rings. The Kier molecular flexibility index (Phi) is 8.27. The van der Waals surface area contributed by atoms with Crippen LogP contribution in [0.1, 0.15) is 30.1 Å². The molecule has 1 atom stereocenters. The lowest BCUT2D eigenvalue weighted by molar-refractivity contribution is -0.192. The van der Waals surface area contributed by atoms with Crippen LogP contribution in [0.5, 0.6) is 0 Å². The van der Waals surface area contributed by atoms with Crippen LogP contribution in [0, 0.1) is 0 Å². The zero-order valence-electron chi connectivity index (χ0n) is 20.1. The minimum atomic E-state index is -5.08. The highest BCUT2D eigenvalue weighted by Gasteiger charge is 2.38. The number of pyridine rings is 1. The lowest BCUT2D eigenvalue weighted by Gasteiger charge is -2.28. The monoisotopic (exact) mass is 519 g/mol. The number of benzene rings is 1. The molecule has 5 rings (SSSR count). The van der Waals surface area contributed by atoms with Gasteiger partial charge in [-0.2, -0.15) is 18.3 Å². The van der Waals surface area contributed by atoms with Gasteiger partial charge in [0.05, 0.1) is 25.1 Å². The van der Waals surface area contributed by atoms with Crippen LogP contribution in [-0.4, -0.2) is 82.1 Å². The van der Waals surface area contributed by atoms with E-state index in [9.17, 15) is 18.0 Å². The van der Waals surface area contributed by atoms with E-state index in [2.05, 4.69) is 29.3 Å². The van der Waals surface area contributed by atoms with Crippen molar-refractivity contribution in [3.63, 3.8) is 0 Å². The van der Waals surface area contributed by atoms with E-state index in [-0.39, 0.29) is 11.8 Å². The summed E-state index contributed by atoms with van der Waals surface area (Å²) in [5.41, 5.74) is 3.21. The van der Waals surface area contributed by atoms with Crippen LogP contribution in [0.4, 0.5) is 18.9 Å². The van der Waals surface area contributed by atoms with Gasteiger partial charge in [0.1, 0.15) is 0 Å². The van der Waals surface area contributed by atoms with Crippen LogP contribution in [-0.2, 0) is 20.7 Å². The van der Waals surface area contributed by atoms with E-state index in [4.69, 9.17) is 24.7 Å². The summed E-state index contributed by atoms with van der Waals surface area (Å²) in [5.74, 6) is -1.49. The number of morpholine rings is 1. The third-order valence-corrected chi connectivity index (χ3v) is 6.33. The van der Waals surface area contributed by atoms with Crippen molar-refractivity contribution >= 4 is 23.2 Å². The van der Waals surface area contributed by atoms with Gasteiger partial charge in [0.2, 0.25) is 5.91 Å². The van der Waals surface area contributed by atoms with E-state index < -0.39 is 12.1 Å². The maximum absolute atomic E-state index is 12.7. The molecular formula is C25H28F3N5O4. The smallest absolute Gasteiger partial charge is 0.475 e. The number of hydrogen-bond acceptors (Lipinski definition) is 6. The number of ether oxygens (including phenoxy) is 1. The number of nitrogens with zero attached hydrogens (tertiary/aromatic N) is 5. The molecular weight excluding hydrogens is 491 g/mol. The molecule has 12 heteroatoms. The summed E-state index contributed by atoms with van der Waals surface area (Å²) in [7, 11) is 0. The van der Waals surface area contributed by atoms with Gasteiger partial charge in [-0.25, -0.2) is 14.3 Å². The molecule has 37 heavy (non-hydrogen) atoms. The van der Waals surface area contributed by atoms with Crippen molar-refractivity contribution in [3.05, 3.63) is 60.0 Å². The Labute approximate surface area is 211 Å². The Balaban J connectivity index is 0.000000405. The first-order valence-corrected chi connectivity index (χ1v) is 12.0. The molecule has 2 saturated heterocycles. The third-order valence-electron chi connectivity index (χ3n) is 6.33. The average Bonchev–Trinajstić information content (AvgIpc) is 3.55. The zero-order valence-corrected chi connectivity index (χ0v) is 20.1. The number of aryl methyl sites for hydroxylation is 1. The van der Waals surface area contributed by atoms with Crippen molar-refractivity contribution in [3.8, 4) is 0 Å². The summed E-state index contributed by atoms with van der Waals surface area (Å²) in [6.45, 7) is 4.81. The molecule has 0 aliphatic carbocycles. The summed E-state index contributed by atoms with van der Waals surface area (Å²) < 4.78 is 39.1. The quantitative estimate of drug-likeness (QED) is 0.553. The van der Waals surface area contributed by atoms with Gasteiger partial charge in [0.15, 0.2) is 11.5 Å². The lowest BCUT2D eigenvalue weighted by atomic mass is 10.1. The largest absolute Gasteiger partial charge is 0.490 e. The second-order valence-electron chi connectivity index (χ2n) is 8.87. The molecule has 4 heterocycles. The van der Waals surface area contributed by atoms with Gasteiger partial charge in [-0.05, 0) is 30.5 Å². The SMILES string of the molecule is O=C(CCc1ccccc1)N1CCC(c2nc3ccc(N4CCOCC4)cn3n2)C1.O=C(O)C(F)(F)F. The summed E-state index contributed by atoms with van der Waals surface area (Å²) in [6, 6.07) is 14.3. The molecule has 2 aromatic heterocycles. The van der Waals surface area contributed by atoms with Gasteiger partial charge in [0.25, 0.3) is 0 Å². The van der Waals surface area contributed by atoms with Gasteiger partial charge in [0, 0.05) is 38.5 Å². The molecule has 0 bridgehead atoms. The van der Waals surface area contributed by atoms with Gasteiger partial charge in [-0.3, -0.25) is 4.79 Å². The summed E-state index contributed by atoms with van der Waals surface area (Å²) in [6.07, 6.45) is -0.769. The number of carboxylic acid groups (broad SMARTS) is 1. The van der Waals surface area contributed by atoms with E-state index in [1.54, 1.807) is 0 Å². The van der Waals surface area contributed by atoms with Crippen LogP contribution in [0.3, 0.4) is 0 Å². The van der Waals surface area contributed by atoms with Gasteiger partial charge in [-0.15, -0.1) is 0 Å². The van der Waals surface area contributed by atoms with E-state index in [1.165, 1.54) is 5.56 Å². The van der Waals surface area contributed by atoms with Crippen LogP contribution < -0.4 is 4.90 Å². The molecule has 0 radical (unpaired) electrons. The lowest BCUT2D eigenvalue weighted by Crippen LogP contribution is -2.36. The molecule has 1 unspecified atom stereocenters. The Hall–Kier alpha value is -3.67. The van der Waals surface area contributed by atoms with Crippen molar-refractivity contribution < 1.29 is 32.6 Å². The number of carboxylic acids is 1. The predicted molar refractivity (Wildman–Crippen MR) is 128 cm³/mol. The van der Waals surface area contributed by atoms with Gasteiger partial charge >= 0.3 is 12.1 Å². The van der Waals surface area contributed by atoms with E-state index in [0.717, 1.165) is 62.8 Å². The highest BCUT2D eigenvalue weighted by atomic mass is 19.4. The number of fused-ring (bicyclic) bond motifs is 1. The summed E-state index contributed by atoms with van der Waals surface area (Å²) >= 11 is 0. The second kappa shape index (κ2) is 11.6. The number of halogens is 3. The number of aromatic nitrogens is 3. The highest BCUT2D eigenvalue weighted by molar-refractivity contribution is 5.77. The number of alkyl halides is 3. The summed E-state index contributed by atoms with van der Waals surface area (Å²) in [5, 5.41) is 11.9. The number of hydrogen-bond donors (Lipinski definition) is 1. The first kappa shape index (κ1) is 26.4. The Morgan fingerprint density at radius 2 is 1.76 bits per heavy atom. The second-order valence-corrected chi connectivity index (χ2v) is 8.87. The minimum absolute atomic E-state index is 0.206. The maximum atomic E-state index is 12.7. The molecule has 1 N–H and O–H groups in total. The van der Waals surface area contributed by atoms with E-state index in [0.29, 0.717) is 13.0 Å². The molecule has 2 aliphatic heterocycles. The van der Waals surface area contributed by atoms with Crippen LogP contribution >= 0.6 is 0 Å². The Morgan fingerprint density at radius 3 is 2.43 bits per heavy atom. The van der Waals surface area contributed by atoms with Crippen molar-refractivity contribution in [2.45, 2.75) is 31.4 Å². The molecule has 1 amide bonds. The fourth-order valence-corrected chi connectivity index (χ4v) is 4.32. The molecule has 0 saturated carbocycles. The normalized spacial score (nSPS) is 18.0. The standard InChI is InChI=1S/C23H27N5O2.C2HF3O2/c29-22(9-6-18-4-2-1-3-5-18)27-11-10-19(16-27)23-24-21-8-7-20(17-28(21)25-23)26-12-14-30-15-13-26;3-2(4,5)1(6)7/h1-5,7-8,17,19H,6,9-16H2;(H,6,7). The van der Waals surface area contributed by atoms with Crippen molar-refractivity contribution in [2.24, 2.45) is 0 Å². The summed E-state index contributed by atoms with van der Waals surface area (Å²) in [4.78, 5) is 30.6. The van der Waals surface area contributed by atoms with Crippen LogP contribution in [0.25, 0.3) is 5.65 Å². The van der Waals surface area contributed by atoms with Crippen molar-refractivity contribution in [1.29, 1.82) is 0 Å². The van der Waals surface area contributed by atoms with Gasteiger partial charge in [-0.1, -0.05) is 30.3 Å². The molecule has 2 fully saturated rings. The first-order chi connectivity index (χ1) is 17.7. The number of rotatable bonds is 5. The average molecular weight is 520 g/mol. The zero-order chi connectivity index (χ0) is 26.4. The Bertz CT molecular complexity index is 1210. The third kappa shape index (κ3) is 6.97. The highest BCUT2D eigenvalue weighted by Crippen LogP contribution is 2.27. The van der Waals surface area contributed by atoms with Crippen LogP contribution in [0.15, 0.2) is 48.7 Å². The number of carbonyl (C=O) groups excluding carboxylic acids is 1. The fraction of sp³-hybridized carbons (Fsp3) is 0.440. The van der Waals surface area contributed by atoms with Crippen LogP contribution in [0.2, 0.25) is 0 Å². The number of carbonyl (C=O) groups is 2. The molecule has 1 aromatic carbocycles. The van der Waals surface area contributed by atoms with Gasteiger partial charge < -0.3 is 19.6 Å². The molecule has 9 nitrogen and oxygen atoms in total. The maximum Gasteiger partial charge on any atom is 0.490 e. The molecule has 0 spiro atoms. The Morgan fingerprint density at radius 1 is 1.05 bits per heavy atom. The topological polar surface area (TPSA) is 100 Å². The number of likely N-dealkylation sites (tertiary alicyclic amines) is 1. The van der Waals surface area contributed by atoms with E-state index in [1.807, 2.05) is 33.7 Å². The molecule has 198 valence electrons. The van der Waals surface area contributed by atoms with Crippen molar-refractivity contribution in [1.82, 2.24) is 19.5 Å². The number of amides is 1. The minimum Gasteiger partial charge on any atom is -0.475 e. The first-order valence-electron chi connectivity index (χ1n) is 12.0. The van der Waals surface area contributed by atoms with E-state index >= 15 is 0 Å². The predicted octanol–water partition coefficient (Wildman–Crippen LogP) is 3.15. The fourth-order valence-electron chi connectivity index (χ4n) is 4.32. The molecule has 2 aliphatic rings. The van der Waals surface area contributed by atoms with Crippen molar-refractivity contribution in [2.75, 3.05) is 44.3 Å². The number of anilines is 1. The number of aliphatic carboxylic acids is 1.